The van der Waals surface area contributed by atoms with Crippen molar-refractivity contribution in [2.24, 2.45) is 0 Å². The van der Waals surface area contributed by atoms with E-state index in [9.17, 15) is 0 Å². The van der Waals surface area contributed by atoms with Gasteiger partial charge in [-0.05, 0) is 12.1 Å². The summed E-state index contributed by atoms with van der Waals surface area (Å²) in [5.41, 5.74) is 7.16. The largest absolute Gasteiger partial charge is 0.397 e. The molecular formula is C12H7Cl5N2O. The van der Waals surface area contributed by atoms with Crippen molar-refractivity contribution in [2.75, 3.05) is 5.73 Å². The van der Waals surface area contributed by atoms with Crippen molar-refractivity contribution in [3.8, 4) is 11.3 Å². The van der Waals surface area contributed by atoms with Crippen LogP contribution in [0.4, 0.5) is 5.69 Å². The number of nitrogen functional groups attached to an aromatic ring is 1. The number of pyridine rings is 1. The first-order valence-corrected chi connectivity index (χ1v) is 7.15. The summed E-state index contributed by atoms with van der Waals surface area (Å²) in [6, 6.07) is 3.16. The number of rotatable bonds is 2. The molecule has 0 aliphatic heterocycles. The van der Waals surface area contributed by atoms with Gasteiger partial charge in [-0.3, -0.25) is 0 Å². The molecule has 1 aromatic heterocycles. The summed E-state index contributed by atoms with van der Waals surface area (Å²) in [6.45, 7) is -0.252. The van der Waals surface area contributed by atoms with Crippen LogP contribution >= 0.6 is 58.0 Å². The molecule has 0 radical (unpaired) electrons. The fourth-order valence-corrected chi connectivity index (χ4v) is 2.93. The molecule has 0 amide bonds. The minimum absolute atomic E-state index is 0.0592. The quantitative estimate of drug-likeness (QED) is 0.570. The smallest absolute Gasteiger partial charge is 0.0966 e. The number of aliphatic hydroxyl groups excluding tert-OH is 1. The van der Waals surface area contributed by atoms with E-state index in [2.05, 4.69) is 4.98 Å². The first kappa shape index (κ1) is 16.0. The molecule has 0 aliphatic rings. The van der Waals surface area contributed by atoms with Gasteiger partial charge in [-0.15, -0.1) is 0 Å². The van der Waals surface area contributed by atoms with Gasteiger partial charge in [0.2, 0.25) is 0 Å². The first-order chi connectivity index (χ1) is 9.38. The SMILES string of the molecule is Nc1ccc(CO)nc1-c1c(Cl)c(Cl)c(Cl)c(Cl)c1Cl. The average molecular weight is 372 g/mol. The molecule has 0 bridgehead atoms. The third-order valence-corrected chi connectivity index (χ3v) is 4.87. The van der Waals surface area contributed by atoms with Crippen LogP contribution in [-0.4, -0.2) is 10.1 Å². The molecule has 0 saturated carbocycles. The molecule has 3 N–H and O–H groups in total. The van der Waals surface area contributed by atoms with Gasteiger partial charge in [0.1, 0.15) is 0 Å². The lowest BCUT2D eigenvalue weighted by molar-refractivity contribution is 0.277. The highest BCUT2D eigenvalue weighted by molar-refractivity contribution is 6.56. The average Bonchev–Trinajstić information content (AvgIpc) is 2.45. The van der Waals surface area contributed by atoms with Crippen molar-refractivity contribution in [2.45, 2.75) is 6.61 Å². The molecular weight excluding hydrogens is 365 g/mol. The van der Waals surface area contributed by atoms with Crippen LogP contribution in [0.15, 0.2) is 12.1 Å². The highest BCUT2D eigenvalue weighted by Gasteiger charge is 2.22. The molecule has 0 saturated heterocycles. The summed E-state index contributed by atoms with van der Waals surface area (Å²) in [5.74, 6) is 0. The Balaban J connectivity index is 2.83. The van der Waals surface area contributed by atoms with Crippen molar-refractivity contribution in [1.82, 2.24) is 4.98 Å². The van der Waals surface area contributed by atoms with E-state index in [1.54, 1.807) is 12.1 Å². The number of benzene rings is 1. The van der Waals surface area contributed by atoms with Crippen molar-refractivity contribution in [3.63, 3.8) is 0 Å². The molecule has 2 rings (SSSR count). The molecule has 8 heteroatoms. The van der Waals surface area contributed by atoms with Crippen LogP contribution in [0.5, 0.6) is 0 Å². The molecule has 1 heterocycles. The zero-order valence-electron chi connectivity index (χ0n) is 9.72. The lowest BCUT2D eigenvalue weighted by Crippen LogP contribution is -1.99. The summed E-state index contributed by atoms with van der Waals surface area (Å²) < 4.78 is 0. The lowest BCUT2D eigenvalue weighted by atomic mass is 10.1. The van der Waals surface area contributed by atoms with E-state index >= 15 is 0 Å². The maximum atomic E-state index is 9.15. The Labute approximate surface area is 140 Å². The standard InChI is InChI=1S/C12H7Cl5N2O/c13-7-6(8(14)10(16)11(17)9(7)15)12-5(18)2-1-4(3-20)19-12/h1-2,20H,3,18H2. The second-order valence-electron chi connectivity index (χ2n) is 3.84. The molecule has 0 unspecified atom stereocenters. The van der Waals surface area contributed by atoms with Crippen LogP contribution in [0.25, 0.3) is 11.3 Å². The number of anilines is 1. The van der Waals surface area contributed by atoms with Gasteiger partial charge in [0, 0.05) is 5.56 Å². The second kappa shape index (κ2) is 6.14. The fourth-order valence-electron chi connectivity index (χ4n) is 1.61. The zero-order chi connectivity index (χ0) is 15.0. The van der Waals surface area contributed by atoms with E-state index in [0.717, 1.165) is 0 Å². The number of hydrogen-bond donors (Lipinski definition) is 2. The Bertz CT molecular complexity index is 661. The molecule has 2 aromatic rings. The Hall–Kier alpha value is -0.420. The lowest BCUT2D eigenvalue weighted by Gasteiger charge is -2.14. The first-order valence-electron chi connectivity index (χ1n) is 5.26. The van der Waals surface area contributed by atoms with Crippen LogP contribution in [0, 0.1) is 0 Å². The highest BCUT2D eigenvalue weighted by Crippen LogP contribution is 2.48. The predicted octanol–water partition coefficient (Wildman–Crippen LogP) is 5.09. The van der Waals surface area contributed by atoms with Crippen molar-refractivity contribution >= 4 is 63.7 Å². The molecule has 0 fully saturated rings. The van der Waals surface area contributed by atoms with Crippen LogP contribution < -0.4 is 5.73 Å². The third-order valence-electron chi connectivity index (χ3n) is 2.59. The van der Waals surface area contributed by atoms with Gasteiger partial charge in [-0.2, -0.15) is 0 Å². The second-order valence-corrected chi connectivity index (χ2v) is 5.73. The number of aliphatic hydroxyl groups is 1. The number of nitrogens with zero attached hydrogens (tertiary/aromatic N) is 1. The summed E-state index contributed by atoms with van der Waals surface area (Å²) in [7, 11) is 0. The molecule has 106 valence electrons. The molecule has 0 spiro atoms. The van der Waals surface area contributed by atoms with E-state index in [4.69, 9.17) is 68.8 Å². The van der Waals surface area contributed by atoms with Gasteiger partial charge in [0.25, 0.3) is 0 Å². The summed E-state index contributed by atoms with van der Waals surface area (Å²) >= 11 is 30.3. The van der Waals surface area contributed by atoms with E-state index in [1.165, 1.54) is 0 Å². The van der Waals surface area contributed by atoms with Crippen molar-refractivity contribution in [1.29, 1.82) is 0 Å². The molecule has 3 nitrogen and oxygen atoms in total. The molecule has 0 atom stereocenters. The maximum Gasteiger partial charge on any atom is 0.0966 e. The topological polar surface area (TPSA) is 59.1 Å². The Morgan fingerprint density at radius 1 is 0.900 bits per heavy atom. The number of hydrogen-bond acceptors (Lipinski definition) is 3. The van der Waals surface area contributed by atoms with E-state index in [-0.39, 0.29) is 43.0 Å². The van der Waals surface area contributed by atoms with Gasteiger partial charge in [0.05, 0.1) is 48.8 Å². The van der Waals surface area contributed by atoms with Gasteiger partial charge in [-0.1, -0.05) is 58.0 Å². The van der Waals surface area contributed by atoms with Crippen molar-refractivity contribution in [3.05, 3.63) is 42.9 Å². The fraction of sp³-hybridized carbons (Fsp3) is 0.0833. The van der Waals surface area contributed by atoms with Crippen LogP contribution in [-0.2, 0) is 6.61 Å². The van der Waals surface area contributed by atoms with Crippen LogP contribution in [0.3, 0.4) is 0 Å². The minimum Gasteiger partial charge on any atom is -0.397 e. The summed E-state index contributed by atoms with van der Waals surface area (Å²) in [6.07, 6.45) is 0. The molecule has 20 heavy (non-hydrogen) atoms. The Morgan fingerprint density at radius 2 is 1.40 bits per heavy atom. The zero-order valence-corrected chi connectivity index (χ0v) is 13.5. The third kappa shape index (κ3) is 2.67. The number of nitrogens with two attached hydrogens (primary N) is 1. The Morgan fingerprint density at radius 3 is 1.90 bits per heavy atom. The monoisotopic (exact) mass is 370 g/mol. The van der Waals surface area contributed by atoms with Gasteiger partial charge in [-0.25, -0.2) is 4.98 Å². The normalized spacial score (nSPS) is 10.9. The van der Waals surface area contributed by atoms with Crippen LogP contribution in [0.2, 0.25) is 25.1 Å². The minimum atomic E-state index is -0.252. The molecule has 1 aromatic carbocycles. The van der Waals surface area contributed by atoms with E-state index in [1.807, 2.05) is 0 Å². The van der Waals surface area contributed by atoms with Crippen molar-refractivity contribution < 1.29 is 5.11 Å². The summed E-state index contributed by atoms with van der Waals surface area (Å²) in [5, 5.41) is 9.53. The van der Waals surface area contributed by atoms with Gasteiger partial charge >= 0.3 is 0 Å². The molecule has 0 aliphatic carbocycles. The maximum absolute atomic E-state index is 9.15. The van der Waals surface area contributed by atoms with Crippen LogP contribution in [0.1, 0.15) is 5.69 Å². The van der Waals surface area contributed by atoms with Gasteiger partial charge < -0.3 is 10.8 Å². The number of aromatic nitrogens is 1. The van der Waals surface area contributed by atoms with E-state index < -0.39 is 0 Å². The Kier molecular flexibility index (Phi) is 4.90. The summed E-state index contributed by atoms with van der Waals surface area (Å²) in [4.78, 5) is 4.19. The van der Waals surface area contributed by atoms with E-state index in [0.29, 0.717) is 11.4 Å². The number of halogens is 5. The predicted molar refractivity (Wildman–Crippen MR) is 85.1 cm³/mol. The van der Waals surface area contributed by atoms with Gasteiger partial charge in [0.15, 0.2) is 0 Å². The highest BCUT2D eigenvalue weighted by atomic mass is 35.5.